The van der Waals surface area contributed by atoms with Gasteiger partial charge in [0.05, 0.1) is 5.92 Å². The van der Waals surface area contributed by atoms with Gasteiger partial charge in [0.1, 0.15) is 6.10 Å². The molecule has 0 aromatic rings. The summed E-state index contributed by atoms with van der Waals surface area (Å²) in [6.45, 7) is 22.4. The molecule has 0 saturated heterocycles. The summed E-state index contributed by atoms with van der Waals surface area (Å²) in [7, 11) is 0. The minimum absolute atomic E-state index is 0.0457. The van der Waals surface area contributed by atoms with E-state index in [0.29, 0.717) is 31.1 Å². The topological polar surface area (TPSA) is 80.7 Å². The number of carboxylic acid groups (broad SMARTS) is 1. The van der Waals surface area contributed by atoms with E-state index in [0.717, 1.165) is 19.3 Å². The van der Waals surface area contributed by atoms with Crippen molar-refractivity contribution >= 4 is 17.7 Å². The zero-order valence-electron chi connectivity index (χ0n) is 26.1. The van der Waals surface area contributed by atoms with Gasteiger partial charge in [-0.05, 0) is 102 Å². The number of carbonyl (C=O) groups excluding carboxylic acids is 2. The fourth-order valence-corrected chi connectivity index (χ4v) is 11.9. The van der Waals surface area contributed by atoms with Gasteiger partial charge in [-0.25, -0.2) is 0 Å². The summed E-state index contributed by atoms with van der Waals surface area (Å²) in [6, 6.07) is 0. The average molecular weight is 541 g/mol. The standard InChI is InChI=1S/C34H52O5/c1-20-11-13-28(4)15-16-29(5)24(33(28,9)21(20)2)19-25(36)34(10)31(7)14-12-23(39-22(3)35)26(27(37)38)30(31,6)17-18-32(29,34)8/h19-21,23,26H,11-18H2,1-10H3,(H,37,38)/t20-,21-,23-,26?,28+,29-,30+,31-,32-,33-,34-/m0/s1. The van der Waals surface area contributed by atoms with Gasteiger partial charge in [-0.15, -0.1) is 0 Å². The van der Waals surface area contributed by atoms with Crippen LogP contribution in [0.1, 0.15) is 121 Å². The van der Waals surface area contributed by atoms with E-state index in [-0.39, 0.29) is 27.4 Å². The molecule has 0 aliphatic heterocycles. The van der Waals surface area contributed by atoms with Gasteiger partial charge in [0.15, 0.2) is 5.78 Å². The van der Waals surface area contributed by atoms with Gasteiger partial charge >= 0.3 is 11.9 Å². The number of carboxylic acids is 1. The molecular weight excluding hydrogens is 488 g/mol. The van der Waals surface area contributed by atoms with Crippen molar-refractivity contribution in [2.75, 3.05) is 0 Å². The van der Waals surface area contributed by atoms with Crippen molar-refractivity contribution in [3.05, 3.63) is 11.6 Å². The normalized spacial score (nSPS) is 54.8. The van der Waals surface area contributed by atoms with Crippen molar-refractivity contribution in [3.8, 4) is 0 Å². The predicted molar refractivity (Wildman–Crippen MR) is 152 cm³/mol. The maximum absolute atomic E-state index is 14.9. The van der Waals surface area contributed by atoms with Crippen molar-refractivity contribution < 1.29 is 24.2 Å². The second kappa shape index (κ2) is 8.22. The van der Waals surface area contributed by atoms with Crippen LogP contribution in [0, 0.1) is 55.7 Å². The second-order valence-corrected chi connectivity index (χ2v) is 16.0. The highest BCUT2D eigenvalue weighted by molar-refractivity contribution is 5.99. The van der Waals surface area contributed by atoms with Gasteiger partial charge in [-0.2, -0.15) is 0 Å². The Morgan fingerprint density at radius 1 is 0.872 bits per heavy atom. The molecule has 218 valence electrons. The van der Waals surface area contributed by atoms with Gasteiger partial charge in [-0.3, -0.25) is 14.4 Å². The van der Waals surface area contributed by atoms with E-state index in [9.17, 15) is 19.5 Å². The second-order valence-electron chi connectivity index (χ2n) is 16.0. The van der Waals surface area contributed by atoms with Crippen LogP contribution >= 0.6 is 0 Å². The molecule has 4 saturated carbocycles. The van der Waals surface area contributed by atoms with Crippen LogP contribution < -0.4 is 0 Å². The summed E-state index contributed by atoms with van der Waals surface area (Å²) in [5.41, 5.74) is -0.905. The molecule has 11 atom stereocenters. The van der Waals surface area contributed by atoms with Crippen LogP contribution in [0.5, 0.6) is 0 Å². The van der Waals surface area contributed by atoms with Crippen molar-refractivity contribution in [1.82, 2.24) is 0 Å². The van der Waals surface area contributed by atoms with Crippen molar-refractivity contribution in [1.29, 1.82) is 0 Å². The third kappa shape index (κ3) is 3.01. The summed E-state index contributed by atoms with van der Waals surface area (Å²) in [6.07, 6.45) is 8.75. The molecule has 0 spiro atoms. The van der Waals surface area contributed by atoms with E-state index < -0.39 is 40.2 Å². The van der Waals surface area contributed by atoms with Gasteiger partial charge in [0, 0.05) is 12.3 Å². The quantitative estimate of drug-likeness (QED) is 0.364. The Kier molecular flexibility index (Phi) is 6.08. The molecule has 5 aliphatic rings. The van der Waals surface area contributed by atoms with Gasteiger partial charge in [0.2, 0.25) is 0 Å². The van der Waals surface area contributed by atoms with E-state index in [1.807, 2.05) is 0 Å². The molecule has 5 heteroatoms. The van der Waals surface area contributed by atoms with Crippen LogP contribution in [-0.4, -0.2) is 28.9 Å². The zero-order valence-corrected chi connectivity index (χ0v) is 26.1. The summed E-state index contributed by atoms with van der Waals surface area (Å²) >= 11 is 0. The van der Waals surface area contributed by atoms with Gasteiger partial charge in [-0.1, -0.05) is 67.9 Å². The molecule has 0 heterocycles. The minimum Gasteiger partial charge on any atom is -0.481 e. The molecule has 39 heavy (non-hydrogen) atoms. The Morgan fingerprint density at radius 2 is 1.51 bits per heavy atom. The Morgan fingerprint density at radius 3 is 2.10 bits per heavy atom. The highest BCUT2D eigenvalue weighted by Gasteiger charge is 2.79. The Labute approximate surface area is 235 Å². The first-order valence-electron chi connectivity index (χ1n) is 15.5. The number of aliphatic carboxylic acids is 1. The number of carbonyl (C=O) groups is 3. The van der Waals surface area contributed by atoms with Crippen LogP contribution in [0.25, 0.3) is 0 Å². The predicted octanol–water partition coefficient (Wildman–Crippen LogP) is 7.62. The number of ether oxygens (including phenoxy) is 1. The summed E-state index contributed by atoms with van der Waals surface area (Å²) in [4.78, 5) is 39.7. The Hall–Kier alpha value is -1.65. The van der Waals surface area contributed by atoms with Crippen molar-refractivity contribution in [2.45, 2.75) is 127 Å². The van der Waals surface area contributed by atoms with Crippen LogP contribution in [0.2, 0.25) is 0 Å². The Bertz CT molecular complexity index is 1160. The molecule has 1 unspecified atom stereocenters. The zero-order chi connectivity index (χ0) is 29.2. The van der Waals surface area contributed by atoms with E-state index >= 15 is 0 Å². The first kappa shape index (κ1) is 28.9. The van der Waals surface area contributed by atoms with E-state index in [1.54, 1.807) is 0 Å². The lowest BCUT2D eigenvalue weighted by molar-refractivity contribution is -0.263. The maximum Gasteiger partial charge on any atom is 0.310 e. The lowest BCUT2D eigenvalue weighted by atomic mass is 9.26. The monoisotopic (exact) mass is 540 g/mol. The number of allylic oxidation sites excluding steroid dienone is 2. The smallest absolute Gasteiger partial charge is 0.310 e. The summed E-state index contributed by atoms with van der Waals surface area (Å²) in [5.74, 6) is -0.895. The molecule has 0 aromatic heterocycles. The first-order valence-corrected chi connectivity index (χ1v) is 15.5. The van der Waals surface area contributed by atoms with Crippen LogP contribution in [0.15, 0.2) is 11.6 Å². The molecule has 5 nitrogen and oxygen atoms in total. The Balaban J connectivity index is 1.71. The summed E-state index contributed by atoms with van der Waals surface area (Å²) in [5, 5.41) is 10.5. The molecule has 4 fully saturated rings. The average Bonchev–Trinajstić information content (AvgIpc) is 2.84. The SMILES string of the molecule is CC(=O)O[C@H]1CC[C@]2(C)[C@]3(C)C(=O)C=C4[C@](C)(CC[C@@]5(C)CC[C@H](C)[C@H](C)[C@@]45C)[C@]3(C)CC[C@]2(C)C1C(=O)O. The molecule has 5 rings (SSSR count). The number of fused-ring (bicyclic) bond motifs is 7. The fraction of sp³-hybridized carbons (Fsp3) is 0.853. The van der Waals surface area contributed by atoms with Gasteiger partial charge < -0.3 is 9.84 Å². The fourth-order valence-electron chi connectivity index (χ4n) is 11.9. The lowest BCUT2D eigenvalue weighted by Crippen LogP contribution is -2.74. The van der Waals surface area contributed by atoms with E-state index in [1.165, 1.54) is 25.3 Å². The lowest BCUT2D eigenvalue weighted by Gasteiger charge is -2.77. The molecule has 0 radical (unpaired) electrons. The summed E-state index contributed by atoms with van der Waals surface area (Å²) < 4.78 is 5.64. The largest absolute Gasteiger partial charge is 0.481 e. The molecule has 5 aliphatic carbocycles. The number of hydrogen-bond acceptors (Lipinski definition) is 4. The first-order chi connectivity index (χ1) is 17.8. The van der Waals surface area contributed by atoms with Crippen LogP contribution in [-0.2, 0) is 19.1 Å². The third-order valence-electron chi connectivity index (χ3n) is 15.7. The molecule has 0 bridgehead atoms. The number of esters is 1. The van der Waals surface area contributed by atoms with Crippen molar-refractivity contribution in [2.24, 2.45) is 55.7 Å². The van der Waals surface area contributed by atoms with E-state index in [2.05, 4.69) is 68.4 Å². The highest BCUT2D eigenvalue weighted by atomic mass is 16.5. The molecular formula is C34H52O5. The number of ketones is 1. The maximum atomic E-state index is 14.9. The molecule has 1 N–H and O–H groups in total. The minimum atomic E-state index is -0.918. The van der Waals surface area contributed by atoms with E-state index in [4.69, 9.17) is 4.74 Å². The number of hydrogen-bond donors (Lipinski definition) is 1. The number of rotatable bonds is 2. The van der Waals surface area contributed by atoms with Crippen LogP contribution in [0.4, 0.5) is 0 Å². The molecule has 0 aromatic carbocycles. The van der Waals surface area contributed by atoms with Crippen molar-refractivity contribution in [3.63, 3.8) is 0 Å². The van der Waals surface area contributed by atoms with Crippen LogP contribution in [0.3, 0.4) is 0 Å². The molecule has 0 amide bonds. The third-order valence-corrected chi connectivity index (χ3v) is 15.7. The highest BCUT2D eigenvalue weighted by Crippen LogP contribution is 2.82. The van der Waals surface area contributed by atoms with Gasteiger partial charge in [0.25, 0.3) is 0 Å².